The van der Waals surface area contributed by atoms with E-state index >= 15 is 0 Å². The molecule has 6 nitrogen and oxygen atoms in total. The first-order valence-corrected chi connectivity index (χ1v) is 10.8. The van der Waals surface area contributed by atoms with Crippen molar-refractivity contribution in [2.24, 2.45) is 4.99 Å². The van der Waals surface area contributed by atoms with Crippen molar-refractivity contribution in [1.82, 2.24) is 10.6 Å². The summed E-state index contributed by atoms with van der Waals surface area (Å²) in [6.45, 7) is 2.08. The Labute approximate surface area is 195 Å². The minimum Gasteiger partial charge on any atom is -0.357 e. The predicted octanol–water partition coefficient (Wildman–Crippen LogP) is 4.09. The summed E-state index contributed by atoms with van der Waals surface area (Å²) >= 11 is 0. The van der Waals surface area contributed by atoms with E-state index in [1.165, 1.54) is 0 Å². The van der Waals surface area contributed by atoms with Gasteiger partial charge in [-0.3, -0.25) is 4.72 Å². The second-order valence-electron chi connectivity index (χ2n) is 6.38. The number of hydrogen-bond acceptors (Lipinski definition) is 3. The first-order valence-electron chi connectivity index (χ1n) is 8.93. The average Bonchev–Trinajstić information content (AvgIpc) is 2.64. The van der Waals surface area contributed by atoms with Crippen molar-refractivity contribution in [3.63, 3.8) is 0 Å². The van der Waals surface area contributed by atoms with Crippen molar-refractivity contribution in [3.8, 4) is 0 Å². The first-order chi connectivity index (χ1) is 14.0. The molecule has 0 bridgehead atoms. The Balaban J connectivity index is 0.00000480. The lowest BCUT2D eigenvalue weighted by atomic mass is 10.1. The van der Waals surface area contributed by atoms with Gasteiger partial charge in [0.25, 0.3) is 0 Å². The van der Waals surface area contributed by atoms with Gasteiger partial charge in [-0.2, -0.15) is 13.2 Å². The standard InChI is InChI=1S/C19H22F4N4O2S.HI/c1-3-24-18(25-11-13-8-9-15(20)10-16(13)19(21,22)23)26-12-14-6-4-5-7-17(14)27-30(2,28)29;/h4-10,27H,3,11-12H2,1-2H3,(H2,24,25,26);1H. The summed E-state index contributed by atoms with van der Waals surface area (Å²) in [6, 6.07) is 9.13. The van der Waals surface area contributed by atoms with Gasteiger partial charge in [-0.05, 0) is 36.2 Å². The van der Waals surface area contributed by atoms with Crippen molar-refractivity contribution in [2.45, 2.75) is 26.2 Å². The van der Waals surface area contributed by atoms with Crippen molar-refractivity contribution in [3.05, 3.63) is 65.0 Å². The van der Waals surface area contributed by atoms with Gasteiger partial charge in [0.05, 0.1) is 24.1 Å². The lowest BCUT2D eigenvalue weighted by Crippen LogP contribution is -2.37. The van der Waals surface area contributed by atoms with Gasteiger partial charge >= 0.3 is 6.18 Å². The van der Waals surface area contributed by atoms with E-state index in [-0.39, 0.29) is 48.6 Å². The van der Waals surface area contributed by atoms with Crippen LogP contribution in [0.3, 0.4) is 0 Å². The number of hydrogen-bond donors (Lipinski definition) is 3. The molecule has 0 aliphatic rings. The van der Waals surface area contributed by atoms with Crippen LogP contribution in [-0.4, -0.2) is 27.2 Å². The second kappa shape index (κ2) is 11.5. The zero-order chi connectivity index (χ0) is 22.4. The Morgan fingerprint density at radius 1 is 1.06 bits per heavy atom. The number of alkyl halides is 3. The van der Waals surface area contributed by atoms with Gasteiger partial charge in [0.15, 0.2) is 5.96 Å². The molecule has 31 heavy (non-hydrogen) atoms. The number of halogens is 5. The molecule has 172 valence electrons. The minimum atomic E-state index is -4.69. The van der Waals surface area contributed by atoms with Crippen LogP contribution in [-0.2, 0) is 29.3 Å². The number of nitrogens with zero attached hydrogens (tertiary/aromatic N) is 1. The van der Waals surface area contributed by atoms with E-state index in [1.54, 1.807) is 31.2 Å². The SMILES string of the molecule is CCNC(=NCc1ccccc1NS(C)(=O)=O)NCc1ccc(F)cc1C(F)(F)F.I. The molecule has 0 aromatic heterocycles. The van der Waals surface area contributed by atoms with E-state index in [1.807, 2.05) is 0 Å². The van der Waals surface area contributed by atoms with Gasteiger partial charge in [-0.1, -0.05) is 24.3 Å². The third-order valence-electron chi connectivity index (χ3n) is 3.89. The summed E-state index contributed by atoms with van der Waals surface area (Å²) in [6.07, 6.45) is -3.66. The summed E-state index contributed by atoms with van der Waals surface area (Å²) in [5.41, 5.74) is -0.252. The largest absolute Gasteiger partial charge is 0.416 e. The minimum absolute atomic E-state index is 0. The maximum absolute atomic E-state index is 13.3. The van der Waals surface area contributed by atoms with Gasteiger partial charge < -0.3 is 10.6 Å². The highest BCUT2D eigenvalue weighted by Gasteiger charge is 2.33. The topological polar surface area (TPSA) is 82.6 Å². The first kappa shape index (κ1) is 26.9. The number of sulfonamides is 1. The smallest absolute Gasteiger partial charge is 0.357 e. The third-order valence-corrected chi connectivity index (χ3v) is 4.48. The van der Waals surface area contributed by atoms with Crippen molar-refractivity contribution < 1.29 is 26.0 Å². The van der Waals surface area contributed by atoms with Crippen molar-refractivity contribution in [1.29, 1.82) is 0 Å². The molecule has 0 aliphatic heterocycles. The molecular weight excluding hydrogens is 551 g/mol. The monoisotopic (exact) mass is 574 g/mol. The van der Waals surface area contributed by atoms with Crippen LogP contribution in [0.2, 0.25) is 0 Å². The highest BCUT2D eigenvalue weighted by atomic mass is 127. The Hall–Kier alpha value is -2.09. The van der Waals surface area contributed by atoms with Crippen LogP contribution in [0.4, 0.5) is 23.2 Å². The predicted molar refractivity (Wildman–Crippen MR) is 123 cm³/mol. The van der Waals surface area contributed by atoms with Gasteiger partial charge in [-0.25, -0.2) is 17.8 Å². The summed E-state index contributed by atoms with van der Waals surface area (Å²) < 4.78 is 78.1. The van der Waals surface area contributed by atoms with Crippen LogP contribution in [0.15, 0.2) is 47.5 Å². The zero-order valence-corrected chi connectivity index (χ0v) is 19.9. The molecule has 12 heteroatoms. The van der Waals surface area contributed by atoms with E-state index in [2.05, 4.69) is 20.3 Å². The summed E-state index contributed by atoms with van der Waals surface area (Å²) in [7, 11) is -3.48. The molecule has 0 amide bonds. The fraction of sp³-hybridized carbons (Fsp3) is 0.316. The molecule has 0 aliphatic carbocycles. The number of anilines is 1. The fourth-order valence-corrected chi connectivity index (χ4v) is 3.21. The number of rotatable bonds is 7. The molecule has 0 heterocycles. The summed E-state index contributed by atoms with van der Waals surface area (Å²) in [5, 5.41) is 5.69. The molecule has 0 spiro atoms. The lowest BCUT2D eigenvalue weighted by Gasteiger charge is -2.16. The normalized spacial score (nSPS) is 12.1. The fourth-order valence-electron chi connectivity index (χ4n) is 2.61. The van der Waals surface area contributed by atoms with Gasteiger partial charge in [0, 0.05) is 13.1 Å². The second-order valence-corrected chi connectivity index (χ2v) is 8.13. The van der Waals surface area contributed by atoms with E-state index in [4.69, 9.17) is 0 Å². The zero-order valence-electron chi connectivity index (χ0n) is 16.8. The average molecular weight is 574 g/mol. The molecule has 0 fully saturated rings. The quantitative estimate of drug-likeness (QED) is 0.202. The van der Waals surface area contributed by atoms with Gasteiger partial charge in [-0.15, -0.1) is 24.0 Å². The van der Waals surface area contributed by atoms with E-state index < -0.39 is 27.6 Å². The van der Waals surface area contributed by atoms with Crippen LogP contribution in [0.5, 0.6) is 0 Å². The molecule has 0 saturated heterocycles. The van der Waals surface area contributed by atoms with Crippen molar-refractivity contribution in [2.75, 3.05) is 17.5 Å². The van der Waals surface area contributed by atoms with E-state index in [0.717, 1.165) is 18.4 Å². The summed E-state index contributed by atoms with van der Waals surface area (Å²) in [5.74, 6) is -0.745. The maximum atomic E-state index is 13.3. The van der Waals surface area contributed by atoms with Crippen LogP contribution in [0.1, 0.15) is 23.6 Å². The molecular formula is C19H23F4IN4O2S. The number of nitrogens with one attached hydrogen (secondary N) is 3. The Morgan fingerprint density at radius 3 is 2.35 bits per heavy atom. The van der Waals surface area contributed by atoms with Crippen LogP contribution >= 0.6 is 24.0 Å². The molecule has 0 unspecified atom stereocenters. The highest BCUT2D eigenvalue weighted by molar-refractivity contribution is 14.0. The molecule has 3 N–H and O–H groups in total. The Kier molecular flexibility index (Phi) is 10.0. The number of aliphatic imine (C=N–C) groups is 1. The van der Waals surface area contributed by atoms with Crippen LogP contribution in [0, 0.1) is 5.82 Å². The summed E-state index contributed by atoms with van der Waals surface area (Å²) in [4.78, 5) is 4.30. The lowest BCUT2D eigenvalue weighted by molar-refractivity contribution is -0.138. The third kappa shape index (κ3) is 8.89. The molecule has 2 aromatic rings. The maximum Gasteiger partial charge on any atom is 0.416 e. The number of benzene rings is 2. The Morgan fingerprint density at radius 2 is 1.74 bits per heavy atom. The highest BCUT2D eigenvalue weighted by Crippen LogP contribution is 2.32. The molecule has 0 saturated carbocycles. The molecule has 0 radical (unpaired) electrons. The van der Waals surface area contributed by atoms with Gasteiger partial charge in [0.1, 0.15) is 5.82 Å². The Bertz CT molecular complexity index is 1010. The number of para-hydroxylation sites is 1. The molecule has 0 atom stereocenters. The van der Waals surface area contributed by atoms with E-state index in [9.17, 15) is 26.0 Å². The molecule has 2 aromatic carbocycles. The van der Waals surface area contributed by atoms with Crippen LogP contribution < -0.4 is 15.4 Å². The van der Waals surface area contributed by atoms with E-state index in [0.29, 0.717) is 23.9 Å². The van der Waals surface area contributed by atoms with Crippen molar-refractivity contribution >= 4 is 45.6 Å². The number of guanidine groups is 1. The van der Waals surface area contributed by atoms with Crippen LogP contribution in [0.25, 0.3) is 0 Å². The molecule has 2 rings (SSSR count). The van der Waals surface area contributed by atoms with Gasteiger partial charge in [0.2, 0.25) is 10.0 Å².